The average molecular weight is 319 g/mol. The molecule has 0 spiro atoms. The number of rotatable bonds is 2. The van der Waals surface area contributed by atoms with E-state index in [1.807, 2.05) is 6.07 Å². The van der Waals surface area contributed by atoms with E-state index in [0.717, 1.165) is 11.4 Å². The Balaban J connectivity index is 1.74. The van der Waals surface area contributed by atoms with E-state index in [2.05, 4.69) is 96.3 Å². The van der Waals surface area contributed by atoms with Gasteiger partial charge in [-0.15, -0.1) is 0 Å². The molecule has 1 nitrogen and oxygen atoms in total. The van der Waals surface area contributed by atoms with Gasteiger partial charge in [0.1, 0.15) is 0 Å². The summed E-state index contributed by atoms with van der Waals surface area (Å²) in [4.78, 5) is 0. The first-order chi connectivity index (χ1) is 12.4. The maximum Gasteiger partial charge on any atom is 0.0464 e. The van der Waals surface area contributed by atoms with E-state index in [1.54, 1.807) is 0 Å². The lowest BCUT2D eigenvalue weighted by atomic mass is 9.99. The number of anilines is 2. The molecule has 25 heavy (non-hydrogen) atoms. The van der Waals surface area contributed by atoms with Crippen LogP contribution in [-0.2, 0) is 0 Å². The minimum Gasteiger partial charge on any atom is -0.355 e. The maximum absolute atomic E-state index is 3.55. The number of fused-ring (bicyclic) bond motifs is 3. The SMILES string of the molecule is c1ccc(Nc2cccc3cc4cc5ccccc5cc4cc23)cc1. The Hall–Kier alpha value is -3.32. The molecule has 0 unspecified atom stereocenters. The third kappa shape index (κ3) is 2.50. The Morgan fingerprint density at radius 2 is 1.04 bits per heavy atom. The van der Waals surface area contributed by atoms with Crippen molar-refractivity contribution in [3.8, 4) is 0 Å². The first kappa shape index (κ1) is 14.1. The lowest BCUT2D eigenvalue weighted by molar-refractivity contribution is 1.58. The third-order valence-electron chi connectivity index (χ3n) is 4.75. The van der Waals surface area contributed by atoms with Crippen LogP contribution in [0.4, 0.5) is 11.4 Å². The highest BCUT2D eigenvalue weighted by Gasteiger charge is 2.05. The Morgan fingerprint density at radius 1 is 0.440 bits per heavy atom. The van der Waals surface area contributed by atoms with Crippen molar-refractivity contribution in [1.82, 2.24) is 0 Å². The van der Waals surface area contributed by atoms with Gasteiger partial charge >= 0.3 is 0 Å². The van der Waals surface area contributed by atoms with Crippen molar-refractivity contribution in [2.45, 2.75) is 0 Å². The molecule has 0 aliphatic rings. The lowest BCUT2D eigenvalue weighted by Gasteiger charge is -2.11. The lowest BCUT2D eigenvalue weighted by Crippen LogP contribution is -1.91. The van der Waals surface area contributed by atoms with Crippen LogP contribution in [0.1, 0.15) is 0 Å². The van der Waals surface area contributed by atoms with Crippen LogP contribution in [0.2, 0.25) is 0 Å². The molecule has 5 aromatic carbocycles. The van der Waals surface area contributed by atoms with Gasteiger partial charge in [0.15, 0.2) is 0 Å². The van der Waals surface area contributed by atoms with Crippen molar-refractivity contribution >= 4 is 43.7 Å². The predicted molar refractivity (Wildman–Crippen MR) is 109 cm³/mol. The van der Waals surface area contributed by atoms with E-state index >= 15 is 0 Å². The van der Waals surface area contributed by atoms with E-state index in [1.165, 1.54) is 32.3 Å². The fraction of sp³-hybridized carbons (Fsp3) is 0. The molecule has 0 saturated carbocycles. The summed E-state index contributed by atoms with van der Waals surface area (Å²) in [5.74, 6) is 0. The molecule has 5 aromatic rings. The Morgan fingerprint density at radius 3 is 1.80 bits per heavy atom. The van der Waals surface area contributed by atoms with Gasteiger partial charge < -0.3 is 5.32 Å². The van der Waals surface area contributed by atoms with Gasteiger partial charge in [-0.3, -0.25) is 0 Å². The summed E-state index contributed by atoms with van der Waals surface area (Å²) in [6, 6.07) is 34.4. The maximum atomic E-state index is 3.55. The molecule has 1 heteroatoms. The molecule has 0 radical (unpaired) electrons. The second-order valence-electron chi connectivity index (χ2n) is 6.42. The molecule has 0 bridgehead atoms. The summed E-state index contributed by atoms with van der Waals surface area (Å²) in [5.41, 5.74) is 2.24. The van der Waals surface area contributed by atoms with E-state index in [-0.39, 0.29) is 0 Å². The number of benzene rings is 5. The van der Waals surface area contributed by atoms with Crippen LogP contribution in [-0.4, -0.2) is 0 Å². The van der Waals surface area contributed by atoms with Crippen molar-refractivity contribution in [2.24, 2.45) is 0 Å². The van der Waals surface area contributed by atoms with Crippen molar-refractivity contribution in [2.75, 3.05) is 5.32 Å². The van der Waals surface area contributed by atoms with Gasteiger partial charge in [0.05, 0.1) is 0 Å². The van der Waals surface area contributed by atoms with Crippen LogP contribution in [0.15, 0.2) is 97.1 Å². The van der Waals surface area contributed by atoms with Gasteiger partial charge in [0.25, 0.3) is 0 Å². The third-order valence-corrected chi connectivity index (χ3v) is 4.75. The molecule has 0 heterocycles. The van der Waals surface area contributed by atoms with Crippen LogP contribution in [0, 0.1) is 0 Å². The first-order valence-electron chi connectivity index (χ1n) is 8.54. The number of para-hydroxylation sites is 1. The molecule has 0 amide bonds. The number of nitrogens with one attached hydrogen (secondary N) is 1. The molecule has 0 saturated heterocycles. The smallest absolute Gasteiger partial charge is 0.0464 e. The first-order valence-corrected chi connectivity index (χ1v) is 8.54. The zero-order valence-electron chi connectivity index (χ0n) is 13.7. The van der Waals surface area contributed by atoms with Crippen molar-refractivity contribution in [3.05, 3.63) is 97.1 Å². The fourth-order valence-corrected chi connectivity index (χ4v) is 3.50. The zero-order chi connectivity index (χ0) is 16.6. The van der Waals surface area contributed by atoms with Gasteiger partial charge in [-0.2, -0.15) is 0 Å². The summed E-state index contributed by atoms with van der Waals surface area (Å²) in [5, 5.41) is 11.2. The van der Waals surface area contributed by atoms with Gasteiger partial charge in [0, 0.05) is 16.8 Å². The van der Waals surface area contributed by atoms with E-state index in [4.69, 9.17) is 0 Å². The second-order valence-corrected chi connectivity index (χ2v) is 6.42. The Kier molecular flexibility index (Phi) is 3.17. The number of hydrogen-bond donors (Lipinski definition) is 1. The monoisotopic (exact) mass is 319 g/mol. The molecule has 0 aliphatic heterocycles. The molecule has 5 rings (SSSR count). The largest absolute Gasteiger partial charge is 0.355 e. The van der Waals surface area contributed by atoms with Gasteiger partial charge in [0.2, 0.25) is 0 Å². The summed E-state index contributed by atoms with van der Waals surface area (Å²) < 4.78 is 0. The summed E-state index contributed by atoms with van der Waals surface area (Å²) in [6.07, 6.45) is 0. The van der Waals surface area contributed by atoms with E-state index in [9.17, 15) is 0 Å². The van der Waals surface area contributed by atoms with Gasteiger partial charge in [-0.05, 0) is 69.4 Å². The second kappa shape index (κ2) is 5.64. The van der Waals surface area contributed by atoms with Gasteiger partial charge in [-0.25, -0.2) is 0 Å². The Labute approximate surface area is 146 Å². The summed E-state index contributed by atoms with van der Waals surface area (Å²) in [6.45, 7) is 0. The highest BCUT2D eigenvalue weighted by atomic mass is 14.9. The van der Waals surface area contributed by atoms with E-state index in [0.29, 0.717) is 0 Å². The molecule has 0 aromatic heterocycles. The normalized spacial score (nSPS) is 11.2. The average Bonchev–Trinajstić information content (AvgIpc) is 2.66. The Bertz CT molecular complexity index is 1210. The van der Waals surface area contributed by atoms with Crippen molar-refractivity contribution in [1.29, 1.82) is 0 Å². The van der Waals surface area contributed by atoms with Crippen LogP contribution in [0.5, 0.6) is 0 Å². The highest BCUT2D eigenvalue weighted by Crippen LogP contribution is 2.32. The van der Waals surface area contributed by atoms with Crippen molar-refractivity contribution in [3.63, 3.8) is 0 Å². The molecule has 0 aliphatic carbocycles. The minimum atomic E-state index is 1.11. The quantitative estimate of drug-likeness (QED) is 0.349. The summed E-state index contributed by atoms with van der Waals surface area (Å²) >= 11 is 0. The fourth-order valence-electron chi connectivity index (χ4n) is 3.50. The van der Waals surface area contributed by atoms with E-state index < -0.39 is 0 Å². The van der Waals surface area contributed by atoms with Crippen LogP contribution >= 0.6 is 0 Å². The molecular weight excluding hydrogens is 302 g/mol. The van der Waals surface area contributed by atoms with Crippen LogP contribution in [0.3, 0.4) is 0 Å². The number of hydrogen-bond acceptors (Lipinski definition) is 1. The molecule has 118 valence electrons. The van der Waals surface area contributed by atoms with Crippen molar-refractivity contribution < 1.29 is 0 Å². The zero-order valence-corrected chi connectivity index (χ0v) is 13.7. The van der Waals surface area contributed by atoms with Crippen LogP contribution in [0.25, 0.3) is 32.3 Å². The minimum absolute atomic E-state index is 1.11. The standard InChI is InChI=1S/C24H17N/c1-2-10-22(11-3-1)25-24-12-6-9-19-15-20-13-17-7-4-5-8-18(17)14-21(20)16-23(19)24/h1-16,25H. The molecular formula is C24H17N. The highest BCUT2D eigenvalue weighted by molar-refractivity contribution is 6.08. The summed E-state index contributed by atoms with van der Waals surface area (Å²) in [7, 11) is 0. The predicted octanol–water partition coefficient (Wildman–Crippen LogP) is 6.89. The molecule has 0 atom stereocenters. The molecule has 0 fully saturated rings. The van der Waals surface area contributed by atoms with Crippen LogP contribution < -0.4 is 5.32 Å². The molecule has 1 N–H and O–H groups in total. The topological polar surface area (TPSA) is 12.0 Å². The van der Waals surface area contributed by atoms with Gasteiger partial charge in [-0.1, -0.05) is 54.6 Å².